The maximum Gasteiger partial charge on any atom is 0.290 e. The molecule has 1 aliphatic heterocycles. The fourth-order valence-electron chi connectivity index (χ4n) is 3.64. The molecule has 2 aromatic heterocycles. The van der Waals surface area contributed by atoms with Gasteiger partial charge in [-0.05, 0) is 31.5 Å². The summed E-state index contributed by atoms with van der Waals surface area (Å²) in [6.45, 7) is 7.53. The number of piperazine rings is 1. The second-order valence-electron chi connectivity index (χ2n) is 8.82. The summed E-state index contributed by atoms with van der Waals surface area (Å²) in [5, 5.41) is 12.6. The molecular weight excluding hydrogens is 422 g/mol. The molecule has 1 fully saturated rings. The molecule has 1 atom stereocenters. The number of nitrogens with zero attached hydrogens (tertiary/aromatic N) is 5. The fraction of sp³-hybridized carbons (Fsp3) is 0.500. The van der Waals surface area contributed by atoms with E-state index in [0.717, 1.165) is 43.6 Å². The zero-order valence-corrected chi connectivity index (χ0v) is 19.3. The lowest BCUT2D eigenvalue weighted by Gasteiger charge is -2.31. The Kier molecular flexibility index (Phi) is 6.87. The first-order chi connectivity index (χ1) is 15.9. The Morgan fingerprint density at radius 1 is 1.09 bits per heavy atom. The van der Waals surface area contributed by atoms with Crippen molar-refractivity contribution in [2.75, 3.05) is 38.1 Å². The highest BCUT2D eigenvalue weighted by molar-refractivity contribution is 5.91. The maximum atomic E-state index is 13.0. The number of para-hydroxylation sites is 2. The highest BCUT2D eigenvalue weighted by atomic mass is 16.2. The molecule has 11 nitrogen and oxygen atoms in total. The van der Waals surface area contributed by atoms with Crippen LogP contribution in [-0.2, 0) is 4.79 Å². The number of H-pyrrole nitrogens is 2. The average molecular weight is 454 g/mol. The predicted molar refractivity (Wildman–Crippen MR) is 125 cm³/mol. The van der Waals surface area contributed by atoms with Crippen molar-refractivity contribution in [2.24, 2.45) is 5.92 Å². The molecule has 4 rings (SSSR count). The molecule has 0 saturated carbocycles. The third-order valence-electron chi connectivity index (χ3n) is 5.69. The molecule has 176 valence electrons. The monoisotopic (exact) mass is 453 g/mol. The van der Waals surface area contributed by atoms with Gasteiger partial charge in [0.15, 0.2) is 12.0 Å². The SMILES string of the molecule is CC(C)CCC(=O)NC(NC(=O)c1nc(N2CCN(C)CC2)n[nH]1)c1nc2ccccc2[nH]1. The van der Waals surface area contributed by atoms with Crippen LogP contribution in [0.15, 0.2) is 24.3 Å². The molecule has 0 spiro atoms. The van der Waals surface area contributed by atoms with E-state index < -0.39 is 12.1 Å². The Hall–Kier alpha value is -3.47. The van der Waals surface area contributed by atoms with Crippen LogP contribution in [0.4, 0.5) is 5.95 Å². The molecule has 1 aliphatic rings. The van der Waals surface area contributed by atoms with Gasteiger partial charge in [-0.2, -0.15) is 4.98 Å². The predicted octanol–water partition coefficient (Wildman–Crippen LogP) is 1.41. The van der Waals surface area contributed by atoms with Crippen molar-refractivity contribution in [1.82, 2.24) is 40.7 Å². The van der Waals surface area contributed by atoms with Crippen molar-refractivity contribution in [3.05, 3.63) is 35.9 Å². The second-order valence-corrected chi connectivity index (χ2v) is 8.82. The maximum absolute atomic E-state index is 13.0. The molecule has 1 saturated heterocycles. The topological polar surface area (TPSA) is 135 Å². The standard InChI is InChI=1S/C22H31N9O2/c1-14(2)8-9-17(32)25-19(18-23-15-6-4-5-7-16(15)24-18)26-21(33)20-27-22(29-28-20)31-12-10-30(3)11-13-31/h4-7,14,19H,8-13H2,1-3H3,(H,23,24)(H,25,32)(H,26,33)(H,27,28,29). The van der Waals surface area contributed by atoms with Crippen molar-refractivity contribution in [2.45, 2.75) is 32.9 Å². The highest BCUT2D eigenvalue weighted by Gasteiger charge is 2.25. The van der Waals surface area contributed by atoms with Crippen LogP contribution in [0.3, 0.4) is 0 Å². The van der Waals surface area contributed by atoms with Gasteiger partial charge in [-0.3, -0.25) is 14.7 Å². The van der Waals surface area contributed by atoms with Gasteiger partial charge in [0.05, 0.1) is 11.0 Å². The first-order valence-corrected chi connectivity index (χ1v) is 11.3. The van der Waals surface area contributed by atoms with Crippen LogP contribution < -0.4 is 15.5 Å². The number of imidazole rings is 1. The van der Waals surface area contributed by atoms with Crippen LogP contribution in [0.1, 0.15) is 49.3 Å². The van der Waals surface area contributed by atoms with Crippen LogP contribution in [0.2, 0.25) is 0 Å². The summed E-state index contributed by atoms with van der Waals surface area (Å²) in [4.78, 5) is 41.9. The largest absolute Gasteiger partial charge is 0.339 e. The minimum atomic E-state index is -0.832. The summed E-state index contributed by atoms with van der Waals surface area (Å²) < 4.78 is 0. The number of rotatable bonds is 8. The lowest BCUT2D eigenvalue weighted by atomic mass is 10.1. The van der Waals surface area contributed by atoms with E-state index in [1.807, 2.05) is 29.2 Å². The number of aromatic nitrogens is 5. The normalized spacial score (nSPS) is 15.7. The van der Waals surface area contributed by atoms with E-state index in [9.17, 15) is 9.59 Å². The average Bonchev–Trinajstić information content (AvgIpc) is 3.45. The number of hydrogen-bond acceptors (Lipinski definition) is 7. The third-order valence-corrected chi connectivity index (χ3v) is 5.69. The summed E-state index contributed by atoms with van der Waals surface area (Å²) >= 11 is 0. The molecular formula is C22H31N9O2. The van der Waals surface area contributed by atoms with Gasteiger partial charge >= 0.3 is 0 Å². The Morgan fingerprint density at radius 3 is 2.58 bits per heavy atom. The number of benzene rings is 1. The zero-order valence-electron chi connectivity index (χ0n) is 19.3. The zero-order chi connectivity index (χ0) is 23.4. The number of hydrogen-bond donors (Lipinski definition) is 4. The Labute approximate surface area is 192 Å². The Bertz CT molecular complexity index is 1070. The van der Waals surface area contributed by atoms with Gasteiger partial charge in [0.2, 0.25) is 17.7 Å². The van der Waals surface area contributed by atoms with Crippen LogP contribution in [-0.4, -0.2) is 75.1 Å². The van der Waals surface area contributed by atoms with E-state index in [-0.39, 0.29) is 11.7 Å². The summed E-state index contributed by atoms with van der Waals surface area (Å²) in [6, 6.07) is 7.54. The smallest absolute Gasteiger partial charge is 0.290 e. The van der Waals surface area contributed by atoms with Crippen molar-refractivity contribution in [1.29, 1.82) is 0 Å². The molecule has 3 aromatic rings. The molecule has 11 heteroatoms. The molecule has 3 heterocycles. The molecule has 1 aromatic carbocycles. The van der Waals surface area contributed by atoms with E-state index in [2.05, 4.69) is 61.6 Å². The molecule has 2 amide bonds. The Balaban J connectivity index is 1.49. The molecule has 0 bridgehead atoms. The van der Waals surface area contributed by atoms with E-state index >= 15 is 0 Å². The molecule has 0 radical (unpaired) electrons. The van der Waals surface area contributed by atoms with Gasteiger partial charge < -0.3 is 25.4 Å². The van der Waals surface area contributed by atoms with Crippen LogP contribution in [0.5, 0.6) is 0 Å². The van der Waals surface area contributed by atoms with E-state index in [4.69, 9.17) is 0 Å². The number of likely N-dealkylation sites (N-methyl/N-ethyl adjacent to an activating group) is 1. The summed E-state index contributed by atoms with van der Waals surface area (Å²) in [5.74, 6) is 0.789. The minimum Gasteiger partial charge on any atom is -0.339 e. The van der Waals surface area contributed by atoms with Crippen LogP contribution in [0.25, 0.3) is 11.0 Å². The molecule has 1 unspecified atom stereocenters. The summed E-state index contributed by atoms with van der Waals surface area (Å²) in [7, 11) is 2.07. The lowest BCUT2D eigenvalue weighted by Crippen LogP contribution is -2.45. The fourth-order valence-corrected chi connectivity index (χ4v) is 3.64. The van der Waals surface area contributed by atoms with Gasteiger partial charge in [-0.25, -0.2) is 4.98 Å². The molecule has 0 aliphatic carbocycles. The first kappa shape index (κ1) is 22.7. The summed E-state index contributed by atoms with van der Waals surface area (Å²) in [6.07, 6.45) is 0.283. The number of nitrogens with one attached hydrogen (secondary N) is 4. The minimum absolute atomic E-state index is 0.0847. The van der Waals surface area contributed by atoms with Crippen LogP contribution in [0, 0.1) is 5.92 Å². The number of amides is 2. The van der Waals surface area contributed by atoms with E-state index in [1.165, 1.54) is 0 Å². The number of fused-ring (bicyclic) bond motifs is 1. The van der Waals surface area contributed by atoms with Gasteiger partial charge in [-0.15, -0.1) is 5.10 Å². The van der Waals surface area contributed by atoms with Crippen molar-refractivity contribution in [3.8, 4) is 0 Å². The molecule has 33 heavy (non-hydrogen) atoms. The van der Waals surface area contributed by atoms with Gasteiger partial charge in [0.1, 0.15) is 0 Å². The summed E-state index contributed by atoms with van der Waals surface area (Å²) in [5.41, 5.74) is 1.57. The second kappa shape index (κ2) is 9.99. The van der Waals surface area contributed by atoms with E-state index in [0.29, 0.717) is 24.1 Å². The lowest BCUT2D eigenvalue weighted by molar-refractivity contribution is -0.122. The highest BCUT2D eigenvalue weighted by Crippen LogP contribution is 2.16. The third kappa shape index (κ3) is 5.67. The molecule has 4 N–H and O–H groups in total. The first-order valence-electron chi connectivity index (χ1n) is 11.3. The van der Waals surface area contributed by atoms with Gasteiger partial charge in [0.25, 0.3) is 5.91 Å². The van der Waals surface area contributed by atoms with Gasteiger partial charge in [-0.1, -0.05) is 26.0 Å². The van der Waals surface area contributed by atoms with E-state index in [1.54, 1.807) is 0 Å². The number of carbonyl (C=O) groups excluding carboxylic acids is 2. The van der Waals surface area contributed by atoms with Gasteiger partial charge in [0, 0.05) is 32.6 Å². The van der Waals surface area contributed by atoms with Crippen molar-refractivity contribution in [3.63, 3.8) is 0 Å². The van der Waals surface area contributed by atoms with Crippen molar-refractivity contribution < 1.29 is 9.59 Å². The number of anilines is 1. The Morgan fingerprint density at radius 2 is 1.85 bits per heavy atom. The number of carbonyl (C=O) groups is 2. The van der Waals surface area contributed by atoms with Crippen LogP contribution >= 0.6 is 0 Å². The quantitative estimate of drug-likeness (QED) is 0.379. The van der Waals surface area contributed by atoms with Crippen molar-refractivity contribution >= 4 is 28.8 Å². The number of aromatic amines is 2.